The quantitative estimate of drug-likeness (QED) is 0.509. The van der Waals surface area contributed by atoms with E-state index in [-0.39, 0.29) is 11.6 Å². The van der Waals surface area contributed by atoms with Crippen molar-refractivity contribution in [1.82, 2.24) is 14.8 Å². The Balaban J connectivity index is 1.79. The maximum Gasteiger partial charge on any atom is 0.295 e. The summed E-state index contributed by atoms with van der Waals surface area (Å²) < 4.78 is 15.0. The highest BCUT2D eigenvalue weighted by atomic mass is 19.1. The monoisotopic (exact) mass is 400 g/mol. The Labute approximate surface area is 174 Å². The Hall–Kier alpha value is -3.80. The second-order valence-corrected chi connectivity index (χ2v) is 7.22. The molecule has 0 unspecified atom stereocenters. The number of carbonyl (C=O) groups excluding carboxylic acids is 1. The van der Waals surface area contributed by atoms with E-state index in [4.69, 9.17) is 0 Å². The fourth-order valence-electron chi connectivity index (χ4n) is 3.12. The summed E-state index contributed by atoms with van der Waals surface area (Å²) in [7, 11) is 0. The first kappa shape index (κ1) is 19.5. The van der Waals surface area contributed by atoms with Gasteiger partial charge in [-0.25, -0.2) is 14.1 Å². The van der Waals surface area contributed by atoms with Crippen molar-refractivity contribution in [3.63, 3.8) is 0 Å². The molecule has 30 heavy (non-hydrogen) atoms. The van der Waals surface area contributed by atoms with Gasteiger partial charge in [-0.1, -0.05) is 24.3 Å². The normalized spacial score (nSPS) is 10.8. The lowest BCUT2D eigenvalue weighted by atomic mass is 10.1. The smallest absolute Gasteiger partial charge is 0.295 e. The van der Waals surface area contributed by atoms with Crippen LogP contribution in [0.1, 0.15) is 27.3 Å². The third-order valence-corrected chi connectivity index (χ3v) is 5.04. The van der Waals surface area contributed by atoms with Crippen LogP contribution in [0.2, 0.25) is 0 Å². The first-order valence-corrected chi connectivity index (χ1v) is 9.60. The molecule has 1 N–H and O–H groups in total. The molecule has 0 aliphatic heterocycles. The van der Waals surface area contributed by atoms with Gasteiger partial charge in [-0.2, -0.15) is 0 Å². The number of hydrogen-bond donors (Lipinski definition) is 1. The third kappa shape index (κ3) is 3.85. The molecule has 0 saturated heterocycles. The molecule has 0 atom stereocenters. The maximum atomic E-state index is 13.4. The molecule has 5 nitrogen and oxygen atoms in total. The number of aromatic nitrogens is 3. The molecule has 150 valence electrons. The van der Waals surface area contributed by atoms with Gasteiger partial charge in [0.15, 0.2) is 5.82 Å². The summed E-state index contributed by atoms with van der Waals surface area (Å²) in [6.45, 7) is 5.96. The first-order valence-electron chi connectivity index (χ1n) is 9.60. The van der Waals surface area contributed by atoms with Gasteiger partial charge in [0.2, 0.25) is 5.82 Å². The fourth-order valence-corrected chi connectivity index (χ4v) is 3.12. The number of carbonyl (C=O) groups is 1. The SMILES string of the molecule is Cc1ccc(-n2nc(C(=O)Nc3ccccc3C)nc2-c2ccc(F)cc2)cc1C. The molecular formula is C24H21FN4O. The molecule has 0 aliphatic carbocycles. The van der Waals surface area contributed by atoms with Crippen molar-refractivity contribution in [3.05, 3.63) is 95.1 Å². The first-order chi connectivity index (χ1) is 14.4. The Morgan fingerprint density at radius 2 is 1.63 bits per heavy atom. The minimum Gasteiger partial charge on any atom is -0.319 e. The second-order valence-electron chi connectivity index (χ2n) is 7.22. The maximum absolute atomic E-state index is 13.4. The molecule has 6 heteroatoms. The lowest BCUT2D eigenvalue weighted by Crippen LogP contribution is -2.15. The largest absolute Gasteiger partial charge is 0.319 e. The van der Waals surface area contributed by atoms with Crippen LogP contribution in [-0.4, -0.2) is 20.7 Å². The molecule has 4 rings (SSSR count). The summed E-state index contributed by atoms with van der Waals surface area (Å²) in [4.78, 5) is 17.3. The number of benzene rings is 3. The number of hydrogen-bond acceptors (Lipinski definition) is 3. The Morgan fingerprint density at radius 1 is 0.900 bits per heavy atom. The van der Waals surface area contributed by atoms with E-state index in [9.17, 15) is 9.18 Å². The zero-order chi connectivity index (χ0) is 21.3. The Kier molecular flexibility index (Phi) is 5.14. The molecule has 0 saturated carbocycles. The summed E-state index contributed by atoms with van der Waals surface area (Å²) in [5, 5.41) is 7.34. The second kappa shape index (κ2) is 7.91. The van der Waals surface area contributed by atoms with E-state index in [1.54, 1.807) is 16.8 Å². The van der Waals surface area contributed by atoms with Crippen molar-refractivity contribution < 1.29 is 9.18 Å². The Bertz CT molecular complexity index is 1230. The molecule has 1 heterocycles. The van der Waals surface area contributed by atoms with Gasteiger partial charge < -0.3 is 5.32 Å². The predicted octanol–water partition coefficient (Wildman–Crippen LogP) is 5.25. The van der Waals surface area contributed by atoms with Crippen molar-refractivity contribution in [2.45, 2.75) is 20.8 Å². The van der Waals surface area contributed by atoms with Crippen LogP contribution in [-0.2, 0) is 0 Å². The summed E-state index contributed by atoms with van der Waals surface area (Å²) in [6.07, 6.45) is 0. The molecule has 0 aliphatic rings. The van der Waals surface area contributed by atoms with Crippen LogP contribution >= 0.6 is 0 Å². The molecular weight excluding hydrogens is 379 g/mol. The standard InChI is InChI=1S/C24H21FN4O/c1-15-8-13-20(14-17(15)3)29-23(18-9-11-19(25)12-10-18)27-22(28-29)24(30)26-21-7-5-4-6-16(21)2/h4-14H,1-3H3,(H,26,30). The minimum atomic E-state index is -0.407. The van der Waals surface area contributed by atoms with Gasteiger partial charge in [-0.15, -0.1) is 5.10 Å². The van der Waals surface area contributed by atoms with Crippen molar-refractivity contribution in [2.24, 2.45) is 0 Å². The van der Waals surface area contributed by atoms with E-state index in [1.165, 1.54) is 12.1 Å². The molecule has 0 bridgehead atoms. The highest BCUT2D eigenvalue weighted by Gasteiger charge is 2.19. The van der Waals surface area contributed by atoms with E-state index in [0.717, 1.165) is 22.4 Å². The summed E-state index contributed by atoms with van der Waals surface area (Å²) >= 11 is 0. The summed E-state index contributed by atoms with van der Waals surface area (Å²) in [6, 6.07) is 19.4. The van der Waals surface area contributed by atoms with E-state index >= 15 is 0 Å². The fraction of sp³-hybridized carbons (Fsp3) is 0.125. The van der Waals surface area contributed by atoms with Crippen LogP contribution in [0.25, 0.3) is 17.1 Å². The molecule has 1 aromatic heterocycles. The van der Waals surface area contributed by atoms with Crippen molar-refractivity contribution in [3.8, 4) is 17.1 Å². The molecule has 0 radical (unpaired) electrons. The van der Waals surface area contributed by atoms with Crippen molar-refractivity contribution in [2.75, 3.05) is 5.32 Å². The number of amides is 1. The number of halogens is 1. The van der Waals surface area contributed by atoms with Crippen molar-refractivity contribution >= 4 is 11.6 Å². The molecule has 1 amide bonds. The predicted molar refractivity (Wildman–Crippen MR) is 115 cm³/mol. The van der Waals surface area contributed by atoms with Gasteiger partial charge in [-0.05, 0) is 79.9 Å². The van der Waals surface area contributed by atoms with E-state index in [2.05, 4.69) is 15.4 Å². The van der Waals surface area contributed by atoms with E-state index < -0.39 is 5.91 Å². The molecule has 3 aromatic carbocycles. The van der Waals surface area contributed by atoms with Gasteiger partial charge in [0, 0.05) is 11.3 Å². The average molecular weight is 400 g/mol. The zero-order valence-corrected chi connectivity index (χ0v) is 17.0. The summed E-state index contributed by atoms with van der Waals surface area (Å²) in [5.74, 6) is -0.243. The molecule has 0 fully saturated rings. The highest BCUT2D eigenvalue weighted by Crippen LogP contribution is 2.24. The number of rotatable bonds is 4. The van der Waals surface area contributed by atoms with Crippen LogP contribution in [0, 0.1) is 26.6 Å². The van der Waals surface area contributed by atoms with Gasteiger partial charge >= 0.3 is 0 Å². The third-order valence-electron chi connectivity index (χ3n) is 5.04. The van der Waals surface area contributed by atoms with Crippen LogP contribution in [0.3, 0.4) is 0 Å². The highest BCUT2D eigenvalue weighted by molar-refractivity contribution is 6.02. The van der Waals surface area contributed by atoms with Gasteiger partial charge in [0.25, 0.3) is 5.91 Å². The van der Waals surface area contributed by atoms with E-state index in [1.807, 2.05) is 63.2 Å². The zero-order valence-electron chi connectivity index (χ0n) is 17.0. The molecule has 0 spiro atoms. The topological polar surface area (TPSA) is 59.8 Å². The van der Waals surface area contributed by atoms with Gasteiger partial charge in [0.05, 0.1) is 5.69 Å². The minimum absolute atomic E-state index is 0.0378. The van der Waals surface area contributed by atoms with Crippen molar-refractivity contribution in [1.29, 1.82) is 0 Å². The van der Waals surface area contributed by atoms with Crippen LogP contribution in [0.4, 0.5) is 10.1 Å². The van der Waals surface area contributed by atoms with Crippen LogP contribution in [0.15, 0.2) is 66.7 Å². The average Bonchev–Trinajstić information content (AvgIpc) is 3.18. The summed E-state index contributed by atoms with van der Waals surface area (Å²) in [5.41, 5.74) is 5.34. The van der Waals surface area contributed by atoms with Crippen LogP contribution < -0.4 is 5.32 Å². The number of para-hydroxylation sites is 1. The Morgan fingerprint density at radius 3 is 2.33 bits per heavy atom. The number of aryl methyl sites for hydroxylation is 3. The van der Waals surface area contributed by atoms with Crippen LogP contribution in [0.5, 0.6) is 0 Å². The van der Waals surface area contributed by atoms with Gasteiger partial charge in [0.1, 0.15) is 5.82 Å². The number of nitrogens with zero attached hydrogens (tertiary/aromatic N) is 3. The van der Waals surface area contributed by atoms with E-state index in [0.29, 0.717) is 17.1 Å². The lowest BCUT2D eigenvalue weighted by Gasteiger charge is -2.08. The lowest BCUT2D eigenvalue weighted by molar-refractivity contribution is 0.101. The van der Waals surface area contributed by atoms with Gasteiger partial charge in [-0.3, -0.25) is 4.79 Å². The molecule has 4 aromatic rings. The number of nitrogens with one attached hydrogen (secondary N) is 1. The number of anilines is 1.